The Morgan fingerprint density at radius 2 is 2.31 bits per heavy atom. The van der Waals surface area contributed by atoms with E-state index in [-0.39, 0.29) is 5.75 Å². The molecule has 0 saturated heterocycles. The molecule has 1 rings (SSSR count). The van der Waals surface area contributed by atoms with Crippen molar-refractivity contribution in [1.82, 2.24) is 0 Å². The SMILES string of the molecule is CSC(=S)Oc1cccc(Br)c1F. The molecule has 1 aromatic carbocycles. The summed E-state index contributed by atoms with van der Waals surface area (Å²) in [6.45, 7) is 0. The lowest BCUT2D eigenvalue weighted by atomic mass is 10.3. The Bertz CT molecular complexity index is 330. The Balaban J connectivity index is 2.89. The number of thiocarbonyl (C=S) groups is 1. The summed E-state index contributed by atoms with van der Waals surface area (Å²) in [5.74, 6) is -0.285. The van der Waals surface area contributed by atoms with Crippen LogP contribution in [0.5, 0.6) is 5.75 Å². The second-order valence-electron chi connectivity index (χ2n) is 2.11. The average molecular weight is 281 g/mol. The second-order valence-corrected chi connectivity index (χ2v) is 4.37. The maximum Gasteiger partial charge on any atom is 0.225 e. The third-order valence-corrected chi connectivity index (χ3v) is 2.89. The lowest BCUT2D eigenvalue weighted by Crippen LogP contribution is -2.01. The van der Waals surface area contributed by atoms with E-state index < -0.39 is 5.82 Å². The highest BCUT2D eigenvalue weighted by Crippen LogP contribution is 2.25. The lowest BCUT2D eigenvalue weighted by molar-refractivity contribution is 0.504. The predicted molar refractivity (Wildman–Crippen MR) is 60.8 cm³/mol. The number of rotatable bonds is 1. The van der Waals surface area contributed by atoms with Crippen LogP contribution < -0.4 is 4.74 Å². The highest BCUT2D eigenvalue weighted by atomic mass is 79.9. The molecule has 13 heavy (non-hydrogen) atoms. The summed E-state index contributed by atoms with van der Waals surface area (Å²) < 4.78 is 19.0. The van der Waals surface area contributed by atoms with Crippen LogP contribution in [0.15, 0.2) is 22.7 Å². The number of ether oxygens (including phenoxy) is 1. The molecule has 5 heteroatoms. The molecule has 0 saturated carbocycles. The third kappa shape index (κ3) is 2.93. The summed E-state index contributed by atoms with van der Waals surface area (Å²) >= 11 is 9.11. The first kappa shape index (κ1) is 10.9. The number of benzene rings is 1. The van der Waals surface area contributed by atoms with Crippen molar-refractivity contribution in [2.75, 3.05) is 6.26 Å². The average Bonchev–Trinajstić information content (AvgIpc) is 2.13. The molecule has 0 fully saturated rings. The molecule has 70 valence electrons. The largest absolute Gasteiger partial charge is 0.437 e. The van der Waals surface area contributed by atoms with Gasteiger partial charge in [0.1, 0.15) is 0 Å². The van der Waals surface area contributed by atoms with Gasteiger partial charge in [-0.25, -0.2) is 4.39 Å². The standard InChI is InChI=1S/C8H6BrFOS2/c1-13-8(12)11-6-4-2-3-5(9)7(6)10/h2-4H,1H3. The van der Waals surface area contributed by atoms with Crippen molar-refractivity contribution in [1.29, 1.82) is 0 Å². The molecule has 0 bridgehead atoms. The predicted octanol–water partition coefficient (Wildman–Crippen LogP) is 3.61. The van der Waals surface area contributed by atoms with Crippen LogP contribution in [-0.4, -0.2) is 10.6 Å². The number of thioether (sulfide) groups is 1. The van der Waals surface area contributed by atoms with Crippen LogP contribution in [0.2, 0.25) is 0 Å². The Morgan fingerprint density at radius 3 is 2.92 bits per heavy atom. The maximum atomic E-state index is 13.3. The topological polar surface area (TPSA) is 9.23 Å². The fourth-order valence-electron chi connectivity index (χ4n) is 0.694. The molecule has 0 aliphatic heterocycles. The summed E-state index contributed by atoms with van der Waals surface area (Å²) in [6, 6.07) is 4.82. The van der Waals surface area contributed by atoms with E-state index in [9.17, 15) is 4.39 Å². The molecule has 0 radical (unpaired) electrons. The van der Waals surface area contributed by atoms with E-state index in [2.05, 4.69) is 15.9 Å². The van der Waals surface area contributed by atoms with Gasteiger partial charge in [0.2, 0.25) is 4.38 Å². The highest BCUT2D eigenvalue weighted by Gasteiger charge is 2.08. The fourth-order valence-corrected chi connectivity index (χ4v) is 1.31. The van der Waals surface area contributed by atoms with Gasteiger partial charge in [0.05, 0.1) is 4.47 Å². The molecule has 0 spiro atoms. The van der Waals surface area contributed by atoms with E-state index in [4.69, 9.17) is 17.0 Å². The first-order valence-corrected chi connectivity index (χ1v) is 5.77. The Hall–Kier alpha value is -0.130. The van der Waals surface area contributed by atoms with Crippen LogP contribution in [0.1, 0.15) is 0 Å². The molecule has 0 N–H and O–H groups in total. The molecule has 0 atom stereocenters. The molecule has 0 aliphatic rings. The van der Waals surface area contributed by atoms with Crippen LogP contribution in [0.4, 0.5) is 4.39 Å². The minimum absolute atomic E-state index is 0.147. The summed E-state index contributed by atoms with van der Waals surface area (Å²) in [5.41, 5.74) is 0. The third-order valence-electron chi connectivity index (χ3n) is 1.28. The van der Waals surface area contributed by atoms with Crippen molar-refractivity contribution < 1.29 is 9.13 Å². The van der Waals surface area contributed by atoms with Crippen molar-refractivity contribution >= 4 is 44.3 Å². The molecule has 1 nitrogen and oxygen atoms in total. The van der Waals surface area contributed by atoms with Gasteiger partial charge in [-0.15, -0.1) is 0 Å². The van der Waals surface area contributed by atoms with E-state index in [0.29, 0.717) is 8.86 Å². The number of hydrogen-bond acceptors (Lipinski definition) is 3. The second kappa shape index (κ2) is 4.93. The summed E-state index contributed by atoms with van der Waals surface area (Å²) in [5, 5.41) is 0. The van der Waals surface area contributed by atoms with Gasteiger partial charge >= 0.3 is 0 Å². The van der Waals surface area contributed by atoms with Gasteiger partial charge in [0.25, 0.3) is 0 Å². The van der Waals surface area contributed by atoms with Crippen molar-refractivity contribution in [3.8, 4) is 5.75 Å². The molecule has 1 aromatic rings. The van der Waals surface area contributed by atoms with Crippen molar-refractivity contribution in [2.24, 2.45) is 0 Å². The van der Waals surface area contributed by atoms with Crippen LogP contribution in [0.25, 0.3) is 0 Å². The lowest BCUT2D eigenvalue weighted by Gasteiger charge is -2.05. The number of halogens is 2. The Labute approximate surface area is 93.8 Å². The molecule has 0 aliphatic carbocycles. The molecular formula is C8H6BrFOS2. The van der Waals surface area contributed by atoms with Gasteiger partial charge in [0, 0.05) is 0 Å². The summed E-state index contributed by atoms with van der Waals surface area (Å²) in [4.78, 5) is 0. The van der Waals surface area contributed by atoms with Gasteiger partial charge < -0.3 is 4.74 Å². The molecule has 0 heterocycles. The van der Waals surface area contributed by atoms with Crippen LogP contribution >= 0.6 is 39.9 Å². The van der Waals surface area contributed by atoms with Crippen molar-refractivity contribution in [3.05, 3.63) is 28.5 Å². The van der Waals surface area contributed by atoms with E-state index in [1.165, 1.54) is 17.8 Å². The molecule has 0 aromatic heterocycles. The zero-order chi connectivity index (χ0) is 9.84. The zero-order valence-electron chi connectivity index (χ0n) is 6.71. The monoisotopic (exact) mass is 280 g/mol. The Morgan fingerprint density at radius 1 is 1.62 bits per heavy atom. The minimum atomic E-state index is -0.432. The van der Waals surface area contributed by atoms with Crippen molar-refractivity contribution in [3.63, 3.8) is 0 Å². The molecule has 0 amide bonds. The van der Waals surface area contributed by atoms with E-state index in [1.54, 1.807) is 18.4 Å². The molecule has 0 unspecified atom stereocenters. The van der Waals surface area contributed by atoms with Crippen LogP contribution in [0.3, 0.4) is 0 Å². The Kier molecular flexibility index (Phi) is 4.15. The highest BCUT2D eigenvalue weighted by molar-refractivity contribution is 9.10. The van der Waals surface area contributed by atoms with Crippen molar-refractivity contribution in [2.45, 2.75) is 0 Å². The quantitative estimate of drug-likeness (QED) is 0.728. The summed E-state index contributed by atoms with van der Waals surface area (Å²) in [6.07, 6.45) is 1.78. The van der Waals surface area contributed by atoms with E-state index in [1.807, 2.05) is 0 Å². The summed E-state index contributed by atoms with van der Waals surface area (Å²) in [7, 11) is 0. The number of hydrogen-bond donors (Lipinski definition) is 0. The van der Waals surface area contributed by atoms with Gasteiger partial charge in [-0.1, -0.05) is 17.8 Å². The first-order chi connectivity index (χ1) is 6.15. The normalized spacial score (nSPS) is 9.77. The van der Waals surface area contributed by atoms with Crippen LogP contribution in [-0.2, 0) is 0 Å². The van der Waals surface area contributed by atoms with Gasteiger partial charge in [-0.05, 0) is 46.5 Å². The van der Waals surface area contributed by atoms with Crippen LogP contribution in [0, 0.1) is 5.82 Å². The zero-order valence-corrected chi connectivity index (χ0v) is 9.93. The van der Waals surface area contributed by atoms with Gasteiger partial charge in [-0.2, -0.15) is 0 Å². The van der Waals surface area contributed by atoms with E-state index in [0.717, 1.165) is 0 Å². The fraction of sp³-hybridized carbons (Fsp3) is 0.125. The minimum Gasteiger partial charge on any atom is -0.437 e. The van der Waals surface area contributed by atoms with Gasteiger partial charge in [-0.3, -0.25) is 0 Å². The smallest absolute Gasteiger partial charge is 0.225 e. The van der Waals surface area contributed by atoms with E-state index >= 15 is 0 Å². The first-order valence-electron chi connectivity index (χ1n) is 3.35. The van der Waals surface area contributed by atoms with Gasteiger partial charge in [0.15, 0.2) is 11.6 Å². The maximum absolute atomic E-state index is 13.3. The molecular weight excluding hydrogens is 275 g/mol.